The second-order valence-corrected chi connectivity index (χ2v) is 5.18. The summed E-state index contributed by atoms with van der Waals surface area (Å²) in [6.45, 7) is 0.804. The number of aromatic hydroxyl groups is 1. The summed E-state index contributed by atoms with van der Waals surface area (Å²) in [6.07, 6.45) is 4.19. The zero-order valence-corrected chi connectivity index (χ0v) is 10.7. The van der Waals surface area contributed by atoms with Gasteiger partial charge in [-0.2, -0.15) is 11.8 Å². The third-order valence-electron chi connectivity index (χ3n) is 3.13. The number of hydrogen-bond acceptors (Lipinski definition) is 3. The van der Waals surface area contributed by atoms with Gasteiger partial charge in [-0.1, -0.05) is 12.1 Å². The van der Waals surface area contributed by atoms with Gasteiger partial charge in [0.2, 0.25) is 0 Å². The Balaban J connectivity index is 2.17. The molecule has 0 saturated carbocycles. The highest BCUT2D eigenvalue weighted by atomic mass is 32.2. The lowest BCUT2D eigenvalue weighted by Gasteiger charge is -2.24. The average Bonchev–Trinajstić information content (AvgIpc) is 2.78. The van der Waals surface area contributed by atoms with E-state index in [9.17, 15) is 9.90 Å². The molecule has 1 heterocycles. The number of likely N-dealkylation sites (tertiary alicyclic amines) is 1. The zero-order valence-electron chi connectivity index (χ0n) is 9.93. The summed E-state index contributed by atoms with van der Waals surface area (Å²) in [4.78, 5) is 14.2. The van der Waals surface area contributed by atoms with Crippen LogP contribution in [0.4, 0.5) is 0 Å². The summed E-state index contributed by atoms with van der Waals surface area (Å²) >= 11 is 1.76. The number of phenolic OH excluding ortho intramolecular Hbond substituents is 1. The minimum Gasteiger partial charge on any atom is -0.507 e. The fraction of sp³-hybridized carbons (Fsp3) is 0.462. The van der Waals surface area contributed by atoms with E-state index in [1.54, 1.807) is 36.0 Å². The number of phenols is 1. The quantitative estimate of drug-likeness (QED) is 0.896. The Morgan fingerprint density at radius 1 is 1.53 bits per heavy atom. The number of benzene rings is 1. The number of thioether (sulfide) groups is 1. The van der Waals surface area contributed by atoms with Gasteiger partial charge in [0, 0.05) is 18.3 Å². The van der Waals surface area contributed by atoms with E-state index in [4.69, 9.17) is 0 Å². The third kappa shape index (κ3) is 2.57. The van der Waals surface area contributed by atoms with Crippen LogP contribution in [-0.2, 0) is 0 Å². The minimum atomic E-state index is -0.0420. The van der Waals surface area contributed by atoms with Gasteiger partial charge in [0.05, 0.1) is 5.56 Å². The number of carbonyl (C=O) groups excluding carboxylic acids is 1. The van der Waals surface area contributed by atoms with Crippen LogP contribution in [-0.4, -0.2) is 40.5 Å². The standard InChI is InChI=1S/C13H17NO2S/c1-17-9-10-5-4-8-14(10)13(16)11-6-2-3-7-12(11)15/h2-3,6-7,10,15H,4-5,8-9H2,1H3/t10-/m1/s1. The van der Waals surface area contributed by atoms with E-state index in [1.165, 1.54) is 0 Å². The predicted octanol–water partition coefficient (Wildman–Crippen LogP) is 2.36. The molecule has 0 spiro atoms. The first-order valence-electron chi connectivity index (χ1n) is 5.82. The molecule has 0 bridgehead atoms. The SMILES string of the molecule is CSC[C@H]1CCCN1C(=O)c1ccccc1O. The largest absolute Gasteiger partial charge is 0.507 e. The molecule has 3 nitrogen and oxygen atoms in total. The van der Waals surface area contributed by atoms with Crippen molar-refractivity contribution >= 4 is 17.7 Å². The molecular weight excluding hydrogens is 234 g/mol. The Labute approximate surface area is 106 Å². The van der Waals surface area contributed by atoms with E-state index in [-0.39, 0.29) is 11.7 Å². The first-order chi connectivity index (χ1) is 8.24. The molecule has 1 aromatic carbocycles. The lowest BCUT2D eigenvalue weighted by atomic mass is 10.1. The van der Waals surface area contributed by atoms with Crippen LogP contribution in [0.2, 0.25) is 0 Å². The van der Waals surface area contributed by atoms with Gasteiger partial charge in [-0.25, -0.2) is 0 Å². The lowest BCUT2D eigenvalue weighted by Crippen LogP contribution is -2.36. The Hall–Kier alpha value is -1.16. The van der Waals surface area contributed by atoms with Gasteiger partial charge < -0.3 is 10.0 Å². The highest BCUT2D eigenvalue weighted by molar-refractivity contribution is 7.98. The molecule has 1 fully saturated rings. The topological polar surface area (TPSA) is 40.5 Å². The Morgan fingerprint density at radius 3 is 3.00 bits per heavy atom. The fourth-order valence-electron chi connectivity index (χ4n) is 2.28. The number of hydrogen-bond donors (Lipinski definition) is 1. The van der Waals surface area contributed by atoms with Gasteiger partial charge in [-0.3, -0.25) is 4.79 Å². The monoisotopic (exact) mass is 251 g/mol. The van der Waals surface area contributed by atoms with Gasteiger partial charge in [-0.05, 0) is 31.2 Å². The number of nitrogens with zero attached hydrogens (tertiary/aromatic N) is 1. The van der Waals surface area contributed by atoms with Crippen LogP contribution in [0, 0.1) is 0 Å². The first kappa shape index (κ1) is 12.3. The van der Waals surface area contributed by atoms with Crippen molar-refractivity contribution in [3.05, 3.63) is 29.8 Å². The van der Waals surface area contributed by atoms with Crippen molar-refractivity contribution in [2.75, 3.05) is 18.6 Å². The third-order valence-corrected chi connectivity index (χ3v) is 3.85. The molecular formula is C13H17NO2S. The van der Waals surface area contributed by atoms with Crippen molar-refractivity contribution in [1.82, 2.24) is 4.90 Å². The van der Waals surface area contributed by atoms with Crippen molar-refractivity contribution in [3.63, 3.8) is 0 Å². The van der Waals surface area contributed by atoms with Crippen LogP contribution in [0.3, 0.4) is 0 Å². The van der Waals surface area contributed by atoms with Crippen molar-refractivity contribution in [2.24, 2.45) is 0 Å². The van der Waals surface area contributed by atoms with Gasteiger partial charge in [-0.15, -0.1) is 0 Å². The lowest BCUT2D eigenvalue weighted by molar-refractivity contribution is 0.0747. The van der Waals surface area contributed by atoms with Crippen LogP contribution in [0.5, 0.6) is 5.75 Å². The van der Waals surface area contributed by atoms with Crippen molar-refractivity contribution in [3.8, 4) is 5.75 Å². The normalized spacial score (nSPS) is 19.6. The van der Waals surface area contributed by atoms with Gasteiger partial charge in [0.15, 0.2) is 0 Å². The molecule has 0 unspecified atom stereocenters. The molecule has 0 radical (unpaired) electrons. The van der Waals surface area contributed by atoms with Crippen LogP contribution in [0.25, 0.3) is 0 Å². The Bertz CT molecular complexity index is 408. The van der Waals surface area contributed by atoms with Crippen LogP contribution < -0.4 is 0 Å². The molecule has 1 atom stereocenters. The van der Waals surface area contributed by atoms with E-state index in [2.05, 4.69) is 6.26 Å². The van der Waals surface area contributed by atoms with Gasteiger partial charge in [0.25, 0.3) is 5.91 Å². The van der Waals surface area contributed by atoms with Crippen LogP contribution in [0.15, 0.2) is 24.3 Å². The maximum atomic E-state index is 12.3. The van der Waals surface area contributed by atoms with E-state index in [0.717, 1.165) is 25.1 Å². The maximum absolute atomic E-state index is 12.3. The van der Waals surface area contributed by atoms with E-state index in [1.807, 2.05) is 4.90 Å². The molecule has 1 N–H and O–H groups in total. The fourth-order valence-corrected chi connectivity index (χ4v) is 3.01. The smallest absolute Gasteiger partial charge is 0.257 e. The first-order valence-corrected chi connectivity index (χ1v) is 7.21. The summed E-state index contributed by atoms with van der Waals surface area (Å²) in [5.74, 6) is 1.01. The molecule has 0 aromatic heterocycles. The summed E-state index contributed by atoms with van der Waals surface area (Å²) in [6, 6.07) is 7.08. The van der Waals surface area contributed by atoms with Gasteiger partial charge >= 0.3 is 0 Å². The van der Waals surface area contributed by atoms with Gasteiger partial charge in [0.1, 0.15) is 5.75 Å². The molecule has 1 saturated heterocycles. The number of rotatable bonds is 3. The summed E-state index contributed by atoms with van der Waals surface area (Å²) in [5, 5.41) is 9.70. The molecule has 1 amide bonds. The zero-order chi connectivity index (χ0) is 12.3. The molecule has 0 aliphatic carbocycles. The van der Waals surface area contributed by atoms with Crippen molar-refractivity contribution in [2.45, 2.75) is 18.9 Å². The molecule has 92 valence electrons. The van der Waals surface area contributed by atoms with E-state index < -0.39 is 0 Å². The average molecular weight is 251 g/mol. The summed E-state index contributed by atoms with van der Waals surface area (Å²) in [5.41, 5.74) is 0.417. The molecule has 2 rings (SSSR count). The predicted molar refractivity (Wildman–Crippen MR) is 70.5 cm³/mol. The Kier molecular flexibility index (Phi) is 3.94. The summed E-state index contributed by atoms with van der Waals surface area (Å²) < 4.78 is 0. The summed E-state index contributed by atoms with van der Waals surface area (Å²) in [7, 11) is 0. The number of carbonyl (C=O) groups is 1. The van der Waals surface area contributed by atoms with Crippen molar-refractivity contribution < 1.29 is 9.90 Å². The highest BCUT2D eigenvalue weighted by Gasteiger charge is 2.29. The molecule has 1 aliphatic rings. The Morgan fingerprint density at radius 2 is 2.29 bits per heavy atom. The van der Waals surface area contributed by atoms with E-state index >= 15 is 0 Å². The second kappa shape index (κ2) is 5.45. The van der Waals surface area contributed by atoms with Crippen LogP contribution >= 0.6 is 11.8 Å². The molecule has 1 aliphatic heterocycles. The molecule has 17 heavy (non-hydrogen) atoms. The molecule has 1 aromatic rings. The van der Waals surface area contributed by atoms with E-state index in [0.29, 0.717) is 11.6 Å². The molecule has 4 heteroatoms. The second-order valence-electron chi connectivity index (χ2n) is 4.27. The van der Waals surface area contributed by atoms with Crippen LogP contribution in [0.1, 0.15) is 23.2 Å². The number of para-hydroxylation sites is 1. The highest BCUT2D eigenvalue weighted by Crippen LogP contribution is 2.25. The minimum absolute atomic E-state index is 0.0420. The number of amides is 1. The van der Waals surface area contributed by atoms with Crippen molar-refractivity contribution in [1.29, 1.82) is 0 Å². The maximum Gasteiger partial charge on any atom is 0.257 e.